The van der Waals surface area contributed by atoms with Gasteiger partial charge in [0, 0.05) is 13.1 Å². The highest BCUT2D eigenvalue weighted by Gasteiger charge is 2.28. The largest absolute Gasteiger partial charge is 0.497 e. The Labute approximate surface area is 180 Å². The predicted molar refractivity (Wildman–Crippen MR) is 120 cm³/mol. The van der Waals surface area contributed by atoms with E-state index >= 15 is 0 Å². The quantitative estimate of drug-likeness (QED) is 0.641. The van der Waals surface area contributed by atoms with Gasteiger partial charge in [0.05, 0.1) is 13.5 Å². The Morgan fingerprint density at radius 3 is 2.13 bits per heavy atom. The first-order chi connectivity index (χ1) is 14.3. The molecule has 0 aliphatic heterocycles. The summed E-state index contributed by atoms with van der Waals surface area (Å²) >= 11 is 0. The van der Waals surface area contributed by atoms with E-state index in [-0.39, 0.29) is 18.2 Å². The van der Waals surface area contributed by atoms with Crippen molar-refractivity contribution in [3.05, 3.63) is 65.2 Å². The van der Waals surface area contributed by atoms with Crippen molar-refractivity contribution in [1.29, 1.82) is 0 Å². The Morgan fingerprint density at radius 1 is 1.00 bits per heavy atom. The van der Waals surface area contributed by atoms with Gasteiger partial charge in [-0.1, -0.05) is 62.7 Å². The van der Waals surface area contributed by atoms with E-state index in [9.17, 15) is 9.59 Å². The minimum atomic E-state index is -0.510. The van der Waals surface area contributed by atoms with E-state index in [0.29, 0.717) is 25.4 Å². The number of aryl methyl sites for hydroxylation is 1. The smallest absolute Gasteiger partial charge is 0.242 e. The lowest BCUT2D eigenvalue weighted by Crippen LogP contribution is -2.50. The number of benzene rings is 2. The summed E-state index contributed by atoms with van der Waals surface area (Å²) in [6, 6.07) is 15.1. The fourth-order valence-electron chi connectivity index (χ4n) is 3.25. The molecule has 0 aliphatic rings. The molecule has 5 nitrogen and oxygen atoms in total. The molecule has 0 bridgehead atoms. The molecule has 0 heterocycles. The first kappa shape index (κ1) is 23.5. The number of ether oxygens (including phenoxy) is 1. The number of hydrogen-bond donors (Lipinski definition) is 1. The van der Waals surface area contributed by atoms with Crippen molar-refractivity contribution in [3.8, 4) is 5.75 Å². The molecule has 1 N–H and O–H groups in total. The predicted octanol–water partition coefficient (Wildman–Crippen LogP) is 4.13. The van der Waals surface area contributed by atoms with Crippen molar-refractivity contribution >= 4 is 11.8 Å². The van der Waals surface area contributed by atoms with Crippen molar-refractivity contribution in [2.45, 2.75) is 53.1 Å². The minimum absolute atomic E-state index is 0.0544. The maximum absolute atomic E-state index is 13.3. The molecule has 0 aromatic heterocycles. The zero-order valence-corrected chi connectivity index (χ0v) is 18.8. The number of nitrogens with zero attached hydrogens (tertiary/aromatic N) is 1. The van der Waals surface area contributed by atoms with E-state index < -0.39 is 6.04 Å². The van der Waals surface area contributed by atoms with Crippen LogP contribution in [-0.2, 0) is 22.6 Å². The average Bonchev–Trinajstić information content (AvgIpc) is 2.74. The van der Waals surface area contributed by atoms with Crippen LogP contribution in [0.4, 0.5) is 0 Å². The van der Waals surface area contributed by atoms with E-state index in [1.807, 2.05) is 62.4 Å². The fourth-order valence-corrected chi connectivity index (χ4v) is 3.25. The molecule has 2 aromatic carbocycles. The molecule has 0 aliphatic carbocycles. The highest BCUT2D eigenvalue weighted by Crippen LogP contribution is 2.18. The van der Waals surface area contributed by atoms with Crippen LogP contribution in [0, 0.1) is 12.8 Å². The van der Waals surface area contributed by atoms with E-state index in [1.165, 1.54) is 0 Å². The minimum Gasteiger partial charge on any atom is -0.497 e. The molecular weight excluding hydrogens is 376 g/mol. The summed E-state index contributed by atoms with van der Waals surface area (Å²) in [6.45, 7) is 9.05. The maximum atomic E-state index is 13.3. The van der Waals surface area contributed by atoms with Crippen LogP contribution in [0.15, 0.2) is 48.5 Å². The Morgan fingerprint density at radius 2 is 1.60 bits per heavy atom. The van der Waals surface area contributed by atoms with E-state index in [2.05, 4.69) is 19.2 Å². The molecular formula is C25H34N2O3. The van der Waals surface area contributed by atoms with Crippen LogP contribution in [0.2, 0.25) is 0 Å². The molecule has 0 spiro atoms. The SMILES string of the molecule is CC[C@@H](C(=O)NCC(C)C)N(Cc1ccc(OC)cc1)C(=O)Cc1ccc(C)cc1. The number of carbonyl (C=O) groups is 2. The molecule has 30 heavy (non-hydrogen) atoms. The van der Waals surface area contributed by atoms with Crippen LogP contribution in [0.1, 0.15) is 43.9 Å². The van der Waals surface area contributed by atoms with Crippen molar-refractivity contribution in [1.82, 2.24) is 10.2 Å². The number of amides is 2. The van der Waals surface area contributed by atoms with Crippen LogP contribution in [0.25, 0.3) is 0 Å². The topological polar surface area (TPSA) is 58.6 Å². The summed E-state index contributed by atoms with van der Waals surface area (Å²) in [6.07, 6.45) is 0.824. The third kappa shape index (κ3) is 6.90. The first-order valence-electron chi connectivity index (χ1n) is 10.6. The van der Waals surface area contributed by atoms with Gasteiger partial charge in [0.15, 0.2) is 0 Å². The van der Waals surface area contributed by atoms with Gasteiger partial charge >= 0.3 is 0 Å². The lowest BCUT2D eigenvalue weighted by molar-refractivity contribution is -0.141. The van der Waals surface area contributed by atoms with Gasteiger partial charge in [0.25, 0.3) is 0 Å². The van der Waals surface area contributed by atoms with Gasteiger partial charge in [-0.05, 0) is 42.5 Å². The Kier molecular flexibility index (Phi) is 8.90. The summed E-state index contributed by atoms with van der Waals surface area (Å²) in [4.78, 5) is 27.9. The number of hydrogen-bond acceptors (Lipinski definition) is 3. The van der Waals surface area contributed by atoms with Crippen LogP contribution >= 0.6 is 0 Å². The van der Waals surface area contributed by atoms with Gasteiger partial charge in [0.2, 0.25) is 11.8 Å². The molecule has 1 atom stereocenters. The number of nitrogens with one attached hydrogen (secondary N) is 1. The molecule has 5 heteroatoms. The summed E-state index contributed by atoms with van der Waals surface area (Å²) in [5.41, 5.74) is 3.06. The molecule has 2 amide bonds. The zero-order valence-electron chi connectivity index (χ0n) is 18.8. The summed E-state index contributed by atoms with van der Waals surface area (Å²) in [5.74, 6) is 0.959. The van der Waals surface area contributed by atoms with Gasteiger partial charge in [-0.3, -0.25) is 9.59 Å². The van der Waals surface area contributed by atoms with Gasteiger partial charge in [-0.15, -0.1) is 0 Å². The average molecular weight is 411 g/mol. The second-order valence-corrected chi connectivity index (χ2v) is 8.10. The normalized spacial score (nSPS) is 11.8. The molecule has 0 fully saturated rings. The molecule has 162 valence electrons. The van der Waals surface area contributed by atoms with Gasteiger partial charge in [-0.2, -0.15) is 0 Å². The maximum Gasteiger partial charge on any atom is 0.242 e. The van der Waals surface area contributed by atoms with Crippen molar-refractivity contribution in [3.63, 3.8) is 0 Å². The van der Waals surface area contributed by atoms with E-state index in [0.717, 1.165) is 22.4 Å². The highest BCUT2D eigenvalue weighted by atomic mass is 16.5. The lowest BCUT2D eigenvalue weighted by atomic mass is 10.1. The molecule has 0 radical (unpaired) electrons. The summed E-state index contributed by atoms with van der Waals surface area (Å²) in [7, 11) is 1.62. The van der Waals surface area contributed by atoms with Crippen LogP contribution in [0.5, 0.6) is 5.75 Å². The molecule has 2 rings (SSSR count). The van der Waals surface area contributed by atoms with Crippen LogP contribution < -0.4 is 10.1 Å². The van der Waals surface area contributed by atoms with Crippen molar-refractivity contribution in [2.75, 3.05) is 13.7 Å². The van der Waals surface area contributed by atoms with Crippen LogP contribution in [-0.4, -0.2) is 36.4 Å². The standard InChI is InChI=1S/C25H34N2O3/c1-6-23(25(29)26-16-18(2)3)27(17-21-11-13-22(30-5)14-12-21)24(28)15-20-9-7-19(4)8-10-20/h7-14,18,23H,6,15-17H2,1-5H3,(H,26,29)/t23-/m0/s1. The van der Waals surface area contributed by atoms with E-state index in [1.54, 1.807) is 12.0 Å². The fraction of sp³-hybridized carbons (Fsp3) is 0.440. The van der Waals surface area contributed by atoms with Crippen LogP contribution in [0.3, 0.4) is 0 Å². The first-order valence-corrected chi connectivity index (χ1v) is 10.6. The van der Waals surface area contributed by atoms with Crippen molar-refractivity contribution in [2.24, 2.45) is 5.92 Å². The number of rotatable bonds is 10. The van der Waals surface area contributed by atoms with Crippen molar-refractivity contribution < 1.29 is 14.3 Å². The second-order valence-electron chi connectivity index (χ2n) is 8.10. The third-order valence-electron chi connectivity index (χ3n) is 5.06. The monoisotopic (exact) mass is 410 g/mol. The number of methoxy groups -OCH3 is 1. The Bertz CT molecular complexity index is 813. The Hall–Kier alpha value is -2.82. The summed E-state index contributed by atoms with van der Waals surface area (Å²) < 4.78 is 5.23. The zero-order chi connectivity index (χ0) is 22.1. The molecule has 0 saturated heterocycles. The Balaban J connectivity index is 2.25. The molecule has 0 saturated carbocycles. The van der Waals surface area contributed by atoms with Gasteiger partial charge in [0.1, 0.15) is 11.8 Å². The third-order valence-corrected chi connectivity index (χ3v) is 5.06. The van der Waals surface area contributed by atoms with Gasteiger partial charge < -0.3 is 15.0 Å². The van der Waals surface area contributed by atoms with Gasteiger partial charge in [-0.25, -0.2) is 0 Å². The summed E-state index contributed by atoms with van der Waals surface area (Å²) in [5, 5.41) is 2.99. The number of carbonyl (C=O) groups excluding carboxylic acids is 2. The molecule has 2 aromatic rings. The highest BCUT2D eigenvalue weighted by molar-refractivity contribution is 5.88. The van der Waals surface area contributed by atoms with E-state index in [4.69, 9.17) is 4.74 Å². The lowest BCUT2D eigenvalue weighted by Gasteiger charge is -2.31. The second kappa shape index (κ2) is 11.4. The molecule has 0 unspecified atom stereocenters.